The number of hydrogen-bond acceptors (Lipinski definition) is 5. The average Bonchev–Trinajstić information content (AvgIpc) is 2.85. The lowest BCUT2D eigenvalue weighted by Gasteiger charge is -2.10. The Balaban J connectivity index is 1.81. The number of thiazole rings is 1. The topological polar surface area (TPSA) is 63.8 Å². The van der Waals surface area contributed by atoms with Gasteiger partial charge in [-0.2, -0.15) is 0 Å². The number of hydrogen-bond donors (Lipinski definition) is 2. The molecule has 0 amide bonds. The highest BCUT2D eigenvalue weighted by Gasteiger charge is 2.05. The normalized spacial score (nSPS) is 11.0. The maximum absolute atomic E-state index is 5.89. The molecule has 1 aromatic carbocycles. The van der Waals surface area contributed by atoms with Gasteiger partial charge >= 0.3 is 0 Å². The molecule has 0 fully saturated rings. The number of nitrogens with zero attached hydrogens (tertiary/aromatic N) is 2. The summed E-state index contributed by atoms with van der Waals surface area (Å²) in [4.78, 5) is 9.02. The molecular weight excluding hydrogens is 280 g/mol. The summed E-state index contributed by atoms with van der Waals surface area (Å²) in [5, 5.41) is 7.80. The summed E-state index contributed by atoms with van der Waals surface area (Å²) in [5.41, 5.74) is 10.8. The van der Waals surface area contributed by atoms with Crippen LogP contribution in [0, 0.1) is 13.8 Å². The van der Waals surface area contributed by atoms with Gasteiger partial charge in [-0.3, -0.25) is 4.98 Å². The lowest BCUT2D eigenvalue weighted by molar-refractivity contribution is 0.987. The van der Waals surface area contributed by atoms with Crippen LogP contribution in [0.1, 0.15) is 16.4 Å². The summed E-state index contributed by atoms with van der Waals surface area (Å²) >= 11 is 1.71. The predicted molar refractivity (Wildman–Crippen MR) is 89.9 cm³/mol. The second kappa shape index (κ2) is 5.69. The third-order valence-corrected chi connectivity index (χ3v) is 4.31. The monoisotopic (exact) mass is 298 g/mol. The molecule has 0 radical (unpaired) electrons. The van der Waals surface area contributed by atoms with Crippen molar-refractivity contribution in [3.8, 4) is 0 Å². The molecule has 0 spiro atoms. The Bertz CT molecular complexity index is 779. The van der Waals surface area contributed by atoms with Crippen molar-refractivity contribution in [3.63, 3.8) is 0 Å². The summed E-state index contributed by atoms with van der Waals surface area (Å²) in [7, 11) is 0. The molecule has 0 aliphatic carbocycles. The van der Waals surface area contributed by atoms with Crippen LogP contribution in [-0.2, 0) is 6.42 Å². The van der Waals surface area contributed by atoms with Crippen LogP contribution in [0.5, 0.6) is 0 Å². The van der Waals surface area contributed by atoms with E-state index in [9.17, 15) is 0 Å². The molecule has 108 valence electrons. The summed E-state index contributed by atoms with van der Waals surface area (Å²) in [5.74, 6) is 0. The van der Waals surface area contributed by atoms with Gasteiger partial charge in [0.25, 0.3) is 0 Å². The van der Waals surface area contributed by atoms with Gasteiger partial charge in [0.1, 0.15) is 0 Å². The van der Waals surface area contributed by atoms with Gasteiger partial charge in [-0.25, -0.2) is 4.98 Å². The summed E-state index contributed by atoms with van der Waals surface area (Å²) < 4.78 is 0. The Hall–Kier alpha value is -2.14. The molecule has 0 atom stereocenters. The number of nitrogen functional groups attached to an aromatic ring is 1. The van der Waals surface area contributed by atoms with Crippen molar-refractivity contribution in [1.82, 2.24) is 9.97 Å². The Morgan fingerprint density at radius 3 is 2.76 bits per heavy atom. The van der Waals surface area contributed by atoms with Crippen molar-refractivity contribution in [2.75, 3.05) is 17.6 Å². The molecule has 2 heterocycles. The number of nitrogens with two attached hydrogens (primary N) is 1. The third kappa shape index (κ3) is 3.13. The molecule has 21 heavy (non-hydrogen) atoms. The zero-order valence-corrected chi connectivity index (χ0v) is 13.0. The van der Waals surface area contributed by atoms with Crippen LogP contribution in [0.15, 0.2) is 29.6 Å². The molecule has 3 aromatic rings. The maximum Gasteiger partial charge on any atom is 0.0945 e. The molecule has 2 aromatic heterocycles. The van der Waals surface area contributed by atoms with Gasteiger partial charge in [-0.1, -0.05) is 0 Å². The first-order valence-corrected chi connectivity index (χ1v) is 7.81. The molecule has 0 aliphatic heterocycles. The van der Waals surface area contributed by atoms with Crippen LogP contribution in [-0.4, -0.2) is 16.5 Å². The van der Waals surface area contributed by atoms with Crippen molar-refractivity contribution < 1.29 is 0 Å². The second-order valence-corrected chi connectivity index (χ2v) is 6.09. The van der Waals surface area contributed by atoms with Crippen LogP contribution >= 0.6 is 11.3 Å². The standard InChI is InChI=1S/C16H18N4S/c1-10-7-15(13-8-12(17)3-4-14(13)19-10)18-6-5-16-20-11(2)9-21-16/h3-4,7-9H,5-6,17H2,1-2H3,(H,18,19). The fourth-order valence-electron chi connectivity index (χ4n) is 2.34. The largest absolute Gasteiger partial charge is 0.399 e. The number of anilines is 2. The molecule has 3 rings (SSSR count). The predicted octanol–water partition coefficient (Wildman–Crippen LogP) is 3.54. The second-order valence-electron chi connectivity index (χ2n) is 5.15. The van der Waals surface area contributed by atoms with Crippen molar-refractivity contribution >= 4 is 33.6 Å². The number of benzene rings is 1. The molecular formula is C16H18N4S. The Morgan fingerprint density at radius 1 is 1.14 bits per heavy atom. The van der Waals surface area contributed by atoms with E-state index in [-0.39, 0.29) is 0 Å². The summed E-state index contributed by atoms with van der Waals surface area (Å²) in [6.07, 6.45) is 0.920. The first-order valence-electron chi connectivity index (χ1n) is 6.93. The number of rotatable bonds is 4. The van der Waals surface area contributed by atoms with Gasteiger partial charge in [0.2, 0.25) is 0 Å². The van der Waals surface area contributed by atoms with Crippen LogP contribution in [0.25, 0.3) is 10.9 Å². The number of pyridine rings is 1. The highest BCUT2D eigenvalue weighted by molar-refractivity contribution is 7.09. The third-order valence-electron chi connectivity index (χ3n) is 3.28. The Kier molecular flexibility index (Phi) is 3.75. The lowest BCUT2D eigenvalue weighted by Crippen LogP contribution is -2.06. The van der Waals surface area contributed by atoms with Crippen LogP contribution in [0.2, 0.25) is 0 Å². The highest BCUT2D eigenvalue weighted by Crippen LogP contribution is 2.25. The van der Waals surface area contributed by atoms with E-state index in [0.717, 1.165) is 51.6 Å². The minimum Gasteiger partial charge on any atom is -0.399 e. The average molecular weight is 298 g/mol. The van der Waals surface area contributed by atoms with E-state index in [2.05, 4.69) is 26.7 Å². The lowest BCUT2D eigenvalue weighted by atomic mass is 10.1. The number of nitrogens with one attached hydrogen (secondary N) is 1. The SMILES string of the molecule is Cc1csc(CCNc2cc(C)nc3ccc(N)cc23)n1. The Labute approximate surface area is 128 Å². The highest BCUT2D eigenvalue weighted by atomic mass is 32.1. The van der Waals surface area contributed by atoms with Gasteiger partial charge in [-0.15, -0.1) is 11.3 Å². The molecule has 0 saturated heterocycles. The van der Waals surface area contributed by atoms with Crippen LogP contribution < -0.4 is 11.1 Å². The maximum atomic E-state index is 5.89. The van der Waals surface area contributed by atoms with Gasteiger partial charge < -0.3 is 11.1 Å². The van der Waals surface area contributed by atoms with Gasteiger partial charge in [0, 0.05) is 46.5 Å². The fourth-order valence-corrected chi connectivity index (χ4v) is 3.12. The summed E-state index contributed by atoms with van der Waals surface area (Å²) in [6, 6.07) is 7.89. The van der Waals surface area contributed by atoms with E-state index in [4.69, 9.17) is 5.73 Å². The van der Waals surface area contributed by atoms with Crippen molar-refractivity contribution in [3.05, 3.63) is 46.0 Å². The van der Waals surface area contributed by atoms with Crippen LogP contribution in [0.3, 0.4) is 0 Å². The van der Waals surface area contributed by atoms with Crippen molar-refractivity contribution in [1.29, 1.82) is 0 Å². The van der Waals surface area contributed by atoms with E-state index in [0.29, 0.717) is 0 Å². The molecule has 5 heteroatoms. The molecule has 0 aliphatic rings. The van der Waals surface area contributed by atoms with Gasteiger partial charge in [-0.05, 0) is 38.1 Å². The molecule has 3 N–H and O–H groups in total. The zero-order chi connectivity index (χ0) is 14.8. The van der Waals surface area contributed by atoms with Gasteiger partial charge in [0.05, 0.1) is 10.5 Å². The molecule has 0 unspecified atom stereocenters. The van der Waals surface area contributed by atoms with E-state index in [1.54, 1.807) is 11.3 Å². The zero-order valence-electron chi connectivity index (χ0n) is 12.2. The number of aryl methyl sites for hydroxylation is 2. The van der Waals surface area contributed by atoms with Gasteiger partial charge in [0.15, 0.2) is 0 Å². The quantitative estimate of drug-likeness (QED) is 0.723. The van der Waals surface area contributed by atoms with E-state index >= 15 is 0 Å². The minimum atomic E-state index is 0.756. The first-order chi connectivity index (χ1) is 10.1. The van der Waals surface area contributed by atoms with E-state index in [1.807, 2.05) is 32.0 Å². The van der Waals surface area contributed by atoms with Crippen molar-refractivity contribution in [2.24, 2.45) is 0 Å². The summed E-state index contributed by atoms with van der Waals surface area (Å²) in [6.45, 7) is 4.88. The Morgan fingerprint density at radius 2 is 2.00 bits per heavy atom. The minimum absolute atomic E-state index is 0.756. The molecule has 0 bridgehead atoms. The molecule has 4 nitrogen and oxygen atoms in total. The van der Waals surface area contributed by atoms with E-state index in [1.165, 1.54) is 0 Å². The number of aromatic nitrogens is 2. The fraction of sp³-hybridized carbons (Fsp3) is 0.250. The van der Waals surface area contributed by atoms with E-state index < -0.39 is 0 Å². The van der Waals surface area contributed by atoms with Crippen LogP contribution in [0.4, 0.5) is 11.4 Å². The smallest absolute Gasteiger partial charge is 0.0945 e. The number of fused-ring (bicyclic) bond motifs is 1. The first kappa shape index (κ1) is 13.8. The molecule has 0 saturated carbocycles. The van der Waals surface area contributed by atoms with Crippen molar-refractivity contribution in [2.45, 2.75) is 20.3 Å².